The van der Waals surface area contributed by atoms with Gasteiger partial charge in [-0.2, -0.15) is 0 Å². The van der Waals surface area contributed by atoms with Crippen LogP contribution >= 0.6 is 0 Å². The van der Waals surface area contributed by atoms with Crippen LogP contribution in [0.15, 0.2) is 24.4 Å². The molecule has 2 heterocycles. The molecule has 0 unspecified atom stereocenters. The number of H-pyrrole nitrogens is 1. The Morgan fingerprint density at radius 3 is 3.06 bits per heavy atom. The average Bonchev–Trinajstić information content (AvgIpc) is 2.75. The number of aryl methyl sites for hydroxylation is 1. The van der Waals surface area contributed by atoms with Crippen molar-refractivity contribution < 1.29 is 5.11 Å². The molecule has 2 aromatic rings. The van der Waals surface area contributed by atoms with Gasteiger partial charge < -0.3 is 15.4 Å². The van der Waals surface area contributed by atoms with Gasteiger partial charge in [0.1, 0.15) is 0 Å². The predicted molar refractivity (Wildman–Crippen MR) is 69.3 cm³/mol. The molecule has 90 valence electrons. The second-order valence-electron chi connectivity index (χ2n) is 4.91. The van der Waals surface area contributed by atoms with Crippen LogP contribution in [0.1, 0.15) is 23.5 Å². The Balaban J connectivity index is 2.08. The molecule has 3 rings (SSSR count). The lowest BCUT2D eigenvalue weighted by Gasteiger charge is -2.28. The minimum atomic E-state index is -0.275. The van der Waals surface area contributed by atoms with Gasteiger partial charge in [-0.05, 0) is 31.0 Å². The number of aromatic nitrogens is 1. The standard InChI is InChI=1S/C14H18N2O/c1-9-3-2-4-11-12(7-16-14(9)11)10-5-6-15-8-13(10)17/h2-4,7,10,13,15-17H,5-6,8H2,1H3/t10-,13-/m0/s1. The molecule has 1 fully saturated rings. The van der Waals surface area contributed by atoms with Crippen molar-refractivity contribution in [1.82, 2.24) is 10.3 Å². The molecule has 0 radical (unpaired) electrons. The van der Waals surface area contributed by atoms with Crippen LogP contribution in [-0.2, 0) is 0 Å². The lowest BCUT2D eigenvalue weighted by Crippen LogP contribution is -2.39. The number of aromatic amines is 1. The monoisotopic (exact) mass is 230 g/mol. The number of hydrogen-bond acceptors (Lipinski definition) is 2. The number of piperidine rings is 1. The van der Waals surface area contributed by atoms with Gasteiger partial charge in [0.2, 0.25) is 0 Å². The number of benzene rings is 1. The number of aliphatic hydroxyl groups excluding tert-OH is 1. The number of aliphatic hydroxyl groups is 1. The highest BCUT2D eigenvalue weighted by Gasteiger charge is 2.26. The van der Waals surface area contributed by atoms with Gasteiger partial charge in [-0.3, -0.25) is 0 Å². The summed E-state index contributed by atoms with van der Waals surface area (Å²) in [6, 6.07) is 6.34. The number of fused-ring (bicyclic) bond motifs is 1. The molecule has 17 heavy (non-hydrogen) atoms. The van der Waals surface area contributed by atoms with Gasteiger partial charge in [0, 0.05) is 29.6 Å². The van der Waals surface area contributed by atoms with Crippen LogP contribution in [0.3, 0.4) is 0 Å². The highest BCUT2D eigenvalue weighted by molar-refractivity contribution is 5.86. The van der Waals surface area contributed by atoms with Crippen LogP contribution < -0.4 is 5.32 Å². The van der Waals surface area contributed by atoms with Crippen molar-refractivity contribution in [3.05, 3.63) is 35.5 Å². The topological polar surface area (TPSA) is 48.0 Å². The Bertz CT molecular complexity index is 532. The zero-order valence-electron chi connectivity index (χ0n) is 10.0. The summed E-state index contributed by atoms with van der Waals surface area (Å²) in [6.07, 6.45) is 2.79. The molecule has 1 aliphatic heterocycles. The normalized spacial score (nSPS) is 25.3. The third kappa shape index (κ3) is 1.75. The highest BCUT2D eigenvalue weighted by Crippen LogP contribution is 2.32. The molecule has 1 saturated heterocycles. The molecule has 3 N–H and O–H groups in total. The number of hydrogen-bond donors (Lipinski definition) is 3. The molecular weight excluding hydrogens is 212 g/mol. The second kappa shape index (κ2) is 4.17. The Kier molecular flexibility index (Phi) is 2.65. The van der Waals surface area contributed by atoms with E-state index in [0.717, 1.165) is 13.0 Å². The first kappa shape index (κ1) is 10.8. The maximum absolute atomic E-state index is 10.1. The van der Waals surface area contributed by atoms with E-state index in [9.17, 15) is 5.11 Å². The molecule has 2 atom stereocenters. The van der Waals surface area contributed by atoms with Gasteiger partial charge >= 0.3 is 0 Å². The van der Waals surface area contributed by atoms with Crippen LogP contribution in [0.5, 0.6) is 0 Å². The van der Waals surface area contributed by atoms with Gasteiger partial charge in [0.15, 0.2) is 0 Å². The Labute approximate surface area is 101 Å². The average molecular weight is 230 g/mol. The van der Waals surface area contributed by atoms with E-state index in [1.54, 1.807) is 0 Å². The summed E-state index contributed by atoms with van der Waals surface area (Å²) in [7, 11) is 0. The van der Waals surface area contributed by atoms with E-state index >= 15 is 0 Å². The Hall–Kier alpha value is -1.32. The highest BCUT2D eigenvalue weighted by atomic mass is 16.3. The quantitative estimate of drug-likeness (QED) is 0.701. The van der Waals surface area contributed by atoms with Crippen molar-refractivity contribution in [2.45, 2.75) is 25.4 Å². The van der Waals surface area contributed by atoms with Gasteiger partial charge in [-0.15, -0.1) is 0 Å². The molecule has 3 nitrogen and oxygen atoms in total. The van der Waals surface area contributed by atoms with Gasteiger partial charge in [-0.1, -0.05) is 18.2 Å². The SMILES string of the molecule is Cc1cccc2c([C@@H]3CCNC[C@@H]3O)c[nH]c12. The fourth-order valence-corrected chi connectivity index (χ4v) is 2.84. The number of para-hydroxylation sites is 1. The van der Waals surface area contributed by atoms with Gasteiger partial charge in [0.05, 0.1) is 6.10 Å². The van der Waals surface area contributed by atoms with E-state index in [4.69, 9.17) is 0 Å². The first-order valence-electron chi connectivity index (χ1n) is 6.23. The maximum Gasteiger partial charge on any atom is 0.0734 e. The number of rotatable bonds is 1. The van der Waals surface area contributed by atoms with Crippen LogP contribution in [-0.4, -0.2) is 29.3 Å². The van der Waals surface area contributed by atoms with Crippen LogP contribution in [0, 0.1) is 6.92 Å². The first-order valence-corrected chi connectivity index (χ1v) is 6.23. The van der Waals surface area contributed by atoms with E-state index in [2.05, 4.69) is 41.6 Å². The fraction of sp³-hybridized carbons (Fsp3) is 0.429. The summed E-state index contributed by atoms with van der Waals surface area (Å²) < 4.78 is 0. The van der Waals surface area contributed by atoms with E-state index < -0.39 is 0 Å². The van der Waals surface area contributed by atoms with Gasteiger partial charge in [0.25, 0.3) is 0 Å². The molecule has 0 spiro atoms. The molecule has 0 aliphatic carbocycles. The predicted octanol–water partition coefficient (Wildman–Crippen LogP) is 1.91. The molecule has 0 amide bonds. The summed E-state index contributed by atoms with van der Waals surface area (Å²) in [5, 5.41) is 14.6. The van der Waals surface area contributed by atoms with Crippen LogP contribution in [0.2, 0.25) is 0 Å². The zero-order chi connectivity index (χ0) is 11.8. The van der Waals surface area contributed by atoms with Crippen LogP contribution in [0.4, 0.5) is 0 Å². The maximum atomic E-state index is 10.1. The minimum absolute atomic E-state index is 0.256. The lowest BCUT2D eigenvalue weighted by molar-refractivity contribution is 0.119. The fourth-order valence-electron chi connectivity index (χ4n) is 2.84. The van der Waals surface area contributed by atoms with E-state index in [1.165, 1.54) is 22.0 Å². The van der Waals surface area contributed by atoms with Crippen LogP contribution in [0.25, 0.3) is 10.9 Å². The Morgan fingerprint density at radius 2 is 2.24 bits per heavy atom. The summed E-state index contributed by atoms with van der Waals surface area (Å²) in [5.41, 5.74) is 3.73. The third-order valence-electron chi connectivity index (χ3n) is 3.81. The van der Waals surface area contributed by atoms with Crippen molar-refractivity contribution in [3.63, 3.8) is 0 Å². The van der Waals surface area contributed by atoms with E-state index in [-0.39, 0.29) is 12.0 Å². The van der Waals surface area contributed by atoms with Crippen molar-refractivity contribution in [3.8, 4) is 0 Å². The minimum Gasteiger partial charge on any atom is -0.391 e. The summed E-state index contributed by atoms with van der Waals surface area (Å²) in [5.74, 6) is 0.256. The molecule has 0 saturated carbocycles. The number of nitrogens with one attached hydrogen (secondary N) is 2. The summed E-state index contributed by atoms with van der Waals surface area (Å²) in [6.45, 7) is 3.80. The number of β-amino-alcohol motifs (C(OH)–C–C–N with tert-alkyl or cyclic N) is 1. The van der Waals surface area contributed by atoms with Crippen molar-refractivity contribution >= 4 is 10.9 Å². The van der Waals surface area contributed by atoms with Crippen molar-refractivity contribution in [1.29, 1.82) is 0 Å². The molecule has 3 heteroatoms. The van der Waals surface area contributed by atoms with Crippen molar-refractivity contribution in [2.24, 2.45) is 0 Å². The first-order chi connectivity index (χ1) is 8.27. The van der Waals surface area contributed by atoms with Crippen molar-refractivity contribution in [2.75, 3.05) is 13.1 Å². The molecule has 0 bridgehead atoms. The second-order valence-corrected chi connectivity index (χ2v) is 4.91. The van der Waals surface area contributed by atoms with E-state index in [1.807, 2.05) is 0 Å². The van der Waals surface area contributed by atoms with E-state index in [0.29, 0.717) is 6.54 Å². The largest absolute Gasteiger partial charge is 0.391 e. The summed E-state index contributed by atoms with van der Waals surface area (Å²) >= 11 is 0. The zero-order valence-corrected chi connectivity index (χ0v) is 10.0. The molecule has 1 aromatic carbocycles. The molecule has 1 aliphatic rings. The summed E-state index contributed by atoms with van der Waals surface area (Å²) in [4.78, 5) is 3.34. The van der Waals surface area contributed by atoms with Gasteiger partial charge in [-0.25, -0.2) is 0 Å². The third-order valence-corrected chi connectivity index (χ3v) is 3.81. The smallest absolute Gasteiger partial charge is 0.0734 e. The molecular formula is C14H18N2O. The lowest BCUT2D eigenvalue weighted by atomic mass is 9.87. The molecule has 1 aromatic heterocycles. The Morgan fingerprint density at radius 1 is 1.35 bits per heavy atom.